The Balaban J connectivity index is 0.000000703. The molecule has 170 valence electrons. The minimum atomic E-state index is -3.55. The number of sulfonamides is 1. The first kappa shape index (κ1) is 25.8. The van der Waals surface area contributed by atoms with Gasteiger partial charge >= 0.3 is 11.9 Å². The van der Waals surface area contributed by atoms with E-state index in [1.54, 1.807) is 31.4 Å². The Morgan fingerprint density at radius 2 is 1.74 bits per heavy atom. The van der Waals surface area contributed by atoms with E-state index in [1.165, 1.54) is 20.2 Å². The van der Waals surface area contributed by atoms with E-state index in [1.807, 2.05) is 6.07 Å². The maximum atomic E-state index is 12.3. The Bertz CT molecular complexity index is 989. The first-order chi connectivity index (χ1) is 14.4. The predicted molar refractivity (Wildman–Crippen MR) is 111 cm³/mol. The van der Waals surface area contributed by atoms with Crippen LogP contribution in [0.5, 0.6) is 0 Å². The number of carboxylic acid groups (broad SMARTS) is 2. The molecule has 0 saturated carbocycles. The molecule has 1 amide bonds. The van der Waals surface area contributed by atoms with E-state index < -0.39 is 22.0 Å². The summed E-state index contributed by atoms with van der Waals surface area (Å²) in [6.45, 7) is 2.76. The summed E-state index contributed by atoms with van der Waals surface area (Å²) < 4.78 is 31.0. The minimum Gasteiger partial charge on any atom is -0.473 e. The molecule has 0 aliphatic rings. The van der Waals surface area contributed by atoms with E-state index in [4.69, 9.17) is 24.2 Å². The first-order valence-corrected chi connectivity index (χ1v) is 10.4. The third kappa shape index (κ3) is 8.58. The molecule has 12 heteroatoms. The second kappa shape index (κ2) is 11.8. The SMILES string of the molecule is Cc1ccc(NC(=O)CCNCc2ccco2)cc1S(=O)(=O)N(C)C.O=C(O)C(=O)O. The Kier molecular flexibility index (Phi) is 9.86. The van der Waals surface area contributed by atoms with E-state index in [0.29, 0.717) is 24.3 Å². The molecule has 0 radical (unpaired) electrons. The Morgan fingerprint density at radius 3 is 2.26 bits per heavy atom. The van der Waals surface area contributed by atoms with Gasteiger partial charge in [0.05, 0.1) is 17.7 Å². The predicted octanol–water partition coefficient (Wildman–Crippen LogP) is 1.11. The number of nitrogens with one attached hydrogen (secondary N) is 2. The molecule has 0 aliphatic heterocycles. The van der Waals surface area contributed by atoms with Gasteiger partial charge in [-0.15, -0.1) is 0 Å². The van der Waals surface area contributed by atoms with Gasteiger partial charge in [-0.05, 0) is 36.8 Å². The number of carbonyl (C=O) groups is 3. The summed E-state index contributed by atoms with van der Waals surface area (Å²) in [5, 5.41) is 20.6. The highest BCUT2D eigenvalue weighted by Gasteiger charge is 2.20. The molecule has 1 aromatic heterocycles. The number of benzene rings is 1. The van der Waals surface area contributed by atoms with Gasteiger partial charge in [0.15, 0.2) is 0 Å². The number of hydrogen-bond acceptors (Lipinski definition) is 7. The monoisotopic (exact) mass is 455 g/mol. The van der Waals surface area contributed by atoms with Crippen molar-refractivity contribution in [2.24, 2.45) is 0 Å². The zero-order chi connectivity index (χ0) is 23.6. The van der Waals surface area contributed by atoms with Crippen LogP contribution in [0.15, 0.2) is 45.9 Å². The number of anilines is 1. The van der Waals surface area contributed by atoms with Crippen molar-refractivity contribution in [3.05, 3.63) is 47.9 Å². The molecule has 31 heavy (non-hydrogen) atoms. The molecule has 0 atom stereocenters. The van der Waals surface area contributed by atoms with Crippen molar-refractivity contribution in [3.63, 3.8) is 0 Å². The molecule has 2 aromatic rings. The molecule has 2 rings (SSSR count). The maximum absolute atomic E-state index is 12.3. The normalized spacial score (nSPS) is 10.8. The number of aliphatic carboxylic acids is 2. The summed E-state index contributed by atoms with van der Waals surface area (Å²) in [5.74, 6) is -3.04. The Morgan fingerprint density at radius 1 is 1.10 bits per heavy atom. The molecule has 0 fully saturated rings. The van der Waals surface area contributed by atoms with Gasteiger partial charge in [0.25, 0.3) is 0 Å². The van der Waals surface area contributed by atoms with Crippen LogP contribution < -0.4 is 10.6 Å². The van der Waals surface area contributed by atoms with Crippen LogP contribution in [0.2, 0.25) is 0 Å². The van der Waals surface area contributed by atoms with Crippen molar-refractivity contribution in [2.45, 2.75) is 24.8 Å². The van der Waals surface area contributed by atoms with Crippen molar-refractivity contribution < 1.29 is 37.4 Å². The third-order valence-corrected chi connectivity index (χ3v) is 5.78. The van der Waals surface area contributed by atoms with Crippen LogP contribution in [0.4, 0.5) is 5.69 Å². The lowest BCUT2D eigenvalue weighted by molar-refractivity contribution is -0.159. The van der Waals surface area contributed by atoms with Gasteiger partial charge in [0, 0.05) is 32.7 Å². The summed E-state index contributed by atoms with van der Waals surface area (Å²) in [6.07, 6.45) is 1.87. The highest BCUT2D eigenvalue weighted by Crippen LogP contribution is 2.22. The van der Waals surface area contributed by atoms with Crippen molar-refractivity contribution in [1.82, 2.24) is 9.62 Å². The molecule has 1 aromatic carbocycles. The number of nitrogens with zero attached hydrogens (tertiary/aromatic N) is 1. The number of aryl methyl sites for hydroxylation is 1. The van der Waals surface area contributed by atoms with Crippen LogP contribution in [-0.2, 0) is 31.0 Å². The summed E-state index contributed by atoms with van der Waals surface area (Å²) in [5.41, 5.74) is 1.09. The van der Waals surface area contributed by atoms with Gasteiger partial charge in [-0.1, -0.05) is 6.07 Å². The highest BCUT2D eigenvalue weighted by molar-refractivity contribution is 7.89. The van der Waals surface area contributed by atoms with Crippen LogP contribution in [0, 0.1) is 6.92 Å². The average Bonchev–Trinajstić information content (AvgIpc) is 3.20. The lowest BCUT2D eigenvalue weighted by Crippen LogP contribution is -2.24. The fourth-order valence-corrected chi connectivity index (χ4v) is 3.35. The quantitative estimate of drug-likeness (QED) is 0.337. The smallest absolute Gasteiger partial charge is 0.414 e. The van der Waals surface area contributed by atoms with Gasteiger partial charge in [-0.3, -0.25) is 4.79 Å². The van der Waals surface area contributed by atoms with Gasteiger partial charge in [-0.25, -0.2) is 22.3 Å². The molecule has 0 aliphatic carbocycles. The third-order valence-electron chi connectivity index (χ3n) is 3.82. The maximum Gasteiger partial charge on any atom is 0.414 e. The summed E-state index contributed by atoms with van der Waals surface area (Å²) in [6, 6.07) is 8.52. The van der Waals surface area contributed by atoms with Crippen LogP contribution in [0.1, 0.15) is 17.7 Å². The molecule has 0 spiro atoms. The zero-order valence-corrected chi connectivity index (χ0v) is 18.1. The Labute approximate surface area is 179 Å². The van der Waals surface area contributed by atoms with E-state index >= 15 is 0 Å². The second-order valence-electron chi connectivity index (χ2n) is 6.43. The molecule has 0 unspecified atom stereocenters. The fourth-order valence-electron chi connectivity index (χ4n) is 2.20. The summed E-state index contributed by atoms with van der Waals surface area (Å²) >= 11 is 0. The molecular weight excluding hydrogens is 430 g/mol. The Hall–Kier alpha value is -3.22. The van der Waals surface area contributed by atoms with Gasteiger partial charge in [0.2, 0.25) is 15.9 Å². The van der Waals surface area contributed by atoms with Gasteiger partial charge in [-0.2, -0.15) is 0 Å². The number of carboxylic acids is 2. The van der Waals surface area contributed by atoms with Crippen molar-refractivity contribution >= 4 is 33.6 Å². The van der Waals surface area contributed by atoms with Crippen LogP contribution in [0.3, 0.4) is 0 Å². The van der Waals surface area contributed by atoms with E-state index in [-0.39, 0.29) is 17.2 Å². The standard InChI is InChI=1S/C17H23N3O4S.C2H2O4/c1-13-6-7-14(11-16(13)25(22,23)20(2)3)19-17(21)8-9-18-12-15-5-4-10-24-15;3-1(4)2(5)6/h4-7,10-11,18H,8-9,12H2,1-3H3,(H,19,21);(H,3,4)(H,5,6). The minimum absolute atomic E-state index is 0.186. The molecular formula is C19H25N3O8S. The number of hydrogen-bond donors (Lipinski definition) is 4. The van der Waals surface area contributed by atoms with Crippen molar-refractivity contribution in [3.8, 4) is 0 Å². The van der Waals surface area contributed by atoms with Crippen LogP contribution >= 0.6 is 0 Å². The number of amides is 1. The lowest BCUT2D eigenvalue weighted by atomic mass is 10.2. The number of furan rings is 1. The second-order valence-corrected chi connectivity index (χ2v) is 8.55. The highest BCUT2D eigenvalue weighted by atomic mass is 32.2. The van der Waals surface area contributed by atoms with Crippen molar-refractivity contribution in [1.29, 1.82) is 0 Å². The topological polar surface area (TPSA) is 166 Å². The lowest BCUT2D eigenvalue weighted by Gasteiger charge is -2.15. The molecule has 0 saturated heterocycles. The summed E-state index contributed by atoms with van der Waals surface area (Å²) in [4.78, 5) is 30.4. The molecule has 0 bridgehead atoms. The summed E-state index contributed by atoms with van der Waals surface area (Å²) in [7, 11) is -0.599. The number of rotatable bonds is 8. The zero-order valence-electron chi connectivity index (χ0n) is 17.3. The first-order valence-electron chi connectivity index (χ1n) is 8.97. The molecule has 11 nitrogen and oxygen atoms in total. The van der Waals surface area contributed by atoms with E-state index in [0.717, 1.165) is 10.1 Å². The average molecular weight is 455 g/mol. The van der Waals surface area contributed by atoms with Gasteiger partial charge in [0.1, 0.15) is 5.76 Å². The molecule has 4 N–H and O–H groups in total. The largest absolute Gasteiger partial charge is 0.473 e. The van der Waals surface area contributed by atoms with Crippen LogP contribution in [-0.4, -0.2) is 61.4 Å². The van der Waals surface area contributed by atoms with Gasteiger partial charge < -0.3 is 25.3 Å². The number of carbonyl (C=O) groups excluding carboxylic acids is 1. The van der Waals surface area contributed by atoms with E-state index in [2.05, 4.69) is 10.6 Å². The van der Waals surface area contributed by atoms with E-state index in [9.17, 15) is 13.2 Å². The van der Waals surface area contributed by atoms with Crippen LogP contribution in [0.25, 0.3) is 0 Å². The fraction of sp³-hybridized carbons (Fsp3) is 0.316. The van der Waals surface area contributed by atoms with Crippen molar-refractivity contribution in [2.75, 3.05) is 26.0 Å². The molecule has 1 heterocycles.